The summed E-state index contributed by atoms with van der Waals surface area (Å²) in [4.78, 5) is 29.9. The molecule has 0 aromatic heterocycles. The third-order valence-corrected chi connectivity index (χ3v) is 8.00. The molecule has 1 aromatic carbocycles. The van der Waals surface area contributed by atoms with E-state index in [0.29, 0.717) is 39.1 Å². The Labute approximate surface area is 214 Å². The second-order valence-electron chi connectivity index (χ2n) is 10.5. The van der Waals surface area contributed by atoms with Crippen LogP contribution in [0.4, 0.5) is 0 Å². The fraction of sp³-hybridized carbons (Fsp3) is 0.714. The lowest BCUT2D eigenvalue weighted by Crippen LogP contribution is -2.45. The van der Waals surface area contributed by atoms with Crippen molar-refractivity contribution in [2.75, 3.05) is 46.0 Å². The van der Waals surface area contributed by atoms with Crippen LogP contribution in [0.5, 0.6) is 5.75 Å². The lowest BCUT2D eigenvalue weighted by Gasteiger charge is -2.31. The Kier molecular flexibility index (Phi) is 9.62. The number of carboxylic acid groups (broad SMARTS) is 1. The van der Waals surface area contributed by atoms with Crippen molar-refractivity contribution in [3.05, 3.63) is 29.3 Å². The lowest BCUT2D eigenvalue weighted by molar-refractivity contribution is -0.144. The van der Waals surface area contributed by atoms with Crippen LogP contribution in [0.25, 0.3) is 0 Å². The standard InChI is InChI=1S/C28H42N2O6/c1-2-12-29(13-5-14-31)26(32)19-30-18-23(20-7-10-25-21(17-20)11-16-36-25)27(28(33)34)24(30)9-8-22-6-3-4-15-35-22/h7,10,17,22-24,27,31H,2-6,8-9,11-16,18-19H2,1H3,(H,33,34)/t22?,23-,24+,27-/m1/s1. The Hall–Kier alpha value is -2.16. The predicted octanol–water partition coefficient (Wildman–Crippen LogP) is 3.06. The lowest BCUT2D eigenvalue weighted by atomic mass is 9.82. The normalized spacial score (nSPS) is 25.9. The van der Waals surface area contributed by atoms with Crippen molar-refractivity contribution in [2.24, 2.45) is 5.92 Å². The second-order valence-corrected chi connectivity index (χ2v) is 10.5. The van der Waals surface area contributed by atoms with Gasteiger partial charge in [-0.25, -0.2) is 0 Å². The minimum atomic E-state index is -0.799. The van der Waals surface area contributed by atoms with Gasteiger partial charge in [-0.3, -0.25) is 14.5 Å². The van der Waals surface area contributed by atoms with Crippen LogP contribution in [0.15, 0.2) is 18.2 Å². The van der Waals surface area contributed by atoms with Crippen molar-refractivity contribution >= 4 is 11.9 Å². The van der Waals surface area contributed by atoms with Gasteiger partial charge in [-0.15, -0.1) is 0 Å². The number of hydrogen-bond donors (Lipinski definition) is 2. The molecule has 1 unspecified atom stereocenters. The van der Waals surface area contributed by atoms with Gasteiger partial charge in [0.25, 0.3) is 0 Å². The highest BCUT2D eigenvalue weighted by molar-refractivity contribution is 5.79. The maximum Gasteiger partial charge on any atom is 0.308 e. The summed E-state index contributed by atoms with van der Waals surface area (Å²) in [5.74, 6) is -0.668. The molecule has 8 nitrogen and oxygen atoms in total. The smallest absolute Gasteiger partial charge is 0.308 e. The van der Waals surface area contributed by atoms with E-state index in [1.807, 2.05) is 24.0 Å². The quantitative estimate of drug-likeness (QED) is 0.453. The molecular formula is C28H42N2O6. The van der Waals surface area contributed by atoms with Crippen LogP contribution in [0.1, 0.15) is 68.9 Å². The van der Waals surface area contributed by atoms with E-state index in [-0.39, 0.29) is 37.1 Å². The SMILES string of the molecule is CCCN(CCCO)C(=O)CN1C[C@H](c2ccc3c(c2)CCO3)[C@@H](C(=O)O)[C@@H]1CCC1CCCCO1. The van der Waals surface area contributed by atoms with Gasteiger partial charge in [-0.1, -0.05) is 19.1 Å². The first-order valence-corrected chi connectivity index (χ1v) is 13.7. The third kappa shape index (κ3) is 6.39. The van der Waals surface area contributed by atoms with Crippen LogP contribution in [0, 0.1) is 5.92 Å². The van der Waals surface area contributed by atoms with Crippen LogP contribution >= 0.6 is 0 Å². The molecule has 36 heavy (non-hydrogen) atoms. The number of nitrogens with zero attached hydrogens (tertiary/aromatic N) is 2. The predicted molar refractivity (Wildman–Crippen MR) is 136 cm³/mol. The zero-order valence-electron chi connectivity index (χ0n) is 21.6. The van der Waals surface area contributed by atoms with E-state index in [9.17, 15) is 19.8 Å². The first kappa shape index (κ1) is 26.9. The molecule has 1 aromatic rings. The molecule has 200 valence electrons. The Balaban J connectivity index is 1.56. The fourth-order valence-corrected chi connectivity index (χ4v) is 6.19. The van der Waals surface area contributed by atoms with Crippen molar-refractivity contribution in [3.63, 3.8) is 0 Å². The number of ether oxygens (including phenoxy) is 2. The van der Waals surface area contributed by atoms with E-state index in [1.54, 1.807) is 0 Å². The van der Waals surface area contributed by atoms with Crippen LogP contribution in [0.2, 0.25) is 0 Å². The van der Waals surface area contributed by atoms with E-state index in [2.05, 4.69) is 11.0 Å². The van der Waals surface area contributed by atoms with E-state index < -0.39 is 11.9 Å². The number of amides is 1. The summed E-state index contributed by atoms with van der Waals surface area (Å²) >= 11 is 0. The molecule has 2 saturated heterocycles. The van der Waals surface area contributed by atoms with Crippen LogP contribution < -0.4 is 4.74 Å². The Morgan fingerprint density at radius 1 is 1.17 bits per heavy atom. The highest BCUT2D eigenvalue weighted by Gasteiger charge is 2.47. The number of carbonyl (C=O) groups excluding carboxylic acids is 1. The first-order valence-electron chi connectivity index (χ1n) is 13.7. The first-order chi connectivity index (χ1) is 17.5. The van der Waals surface area contributed by atoms with Gasteiger partial charge in [-0.05, 0) is 62.1 Å². The molecule has 2 N–H and O–H groups in total. The van der Waals surface area contributed by atoms with E-state index >= 15 is 0 Å². The number of rotatable bonds is 12. The number of fused-ring (bicyclic) bond motifs is 1. The summed E-state index contributed by atoms with van der Waals surface area (Å²) in [5, 5.41) is 19.7. The Morgan fingerprint density at radius 2 is 2.03 bits per heavy atom. The van der Waals surface area contributed by atoms with Crippen LogP contribution in [0.3, 0.4) is 0 Å². The monoisotopic (exact) mass is 502 g/mol. The number of likely N-dealkylation sites (tertiary alicyclic amines) is 1. The minimum absolute atomic E-state index is 0.0105. The number of hydrogen-bond acceptors (Lipinski definition) is 6. The number of carbonyl (C=O) groups is 2. The number of aliphatic hydroxyl groups is 1. The van der Waals surface area contributed by atoms with Crippen molar-refractivity contribution in [2.45, 2.75) is 76.4 Å². The zero-order valence-corrected chi connectivity index (χ0v) is 21.6. The Bertz CT molecular complexity index is 887. The molecule has 0 saturated carbocycles. The van der Waals surface area contributed by atoms with Gasteiger partial charge in [0, 0.05) is 51.2 Å². The highest BCUT2D eigenvalue weighted by atomic mass is 16.5. The largest absolute Gasteiger partial charge is 0.493 e. The summed E-state index contributed by atoms with van der Waals surface area (Å²) in [6, 6.07) is 5.85. The van der Waals surface area contributed by atoms with Crippen molar-refractivity contribution in [1.82, 2.24) is 9.80 Å². The summed E-state index contributed by atoms with van der Waals surface area (Å²) in [5.41, 5.74) is 2.16. The van der Waals surface area contributed by atoms with Gasteiger partial charge < -0.3 is 24.6 Å². The molecule has 3 aliphatic heterocycles. The maximum atomic E-state index is 13.3. The molecule has 3 heterocycles. The summed E-state index contributed by atoms with van der Waals surface area (Å²) in [6.45, 7) is 5.43. The topological polar surface area (TPSA) is 99.5 Å². The molecule has 0 aliphatic carbocycles. The molecule has 4 atom stereocenters. The van der Waals surface area contributed by atoms with Crippen molar-refractivity contribution in [3.8, 4) is 5.75 Å². The summed E-state index contributed by atoms with van der Waals surface area (Å²) in [7, 11) is 0. The number of aliphatic hydroxyl groups excluding tert-OH is 1. The number of aliphatic carboxylic acids is 1. The van der Waals surface area contributed by atoms with Crippen LogP contribution in [-0.2, 0) is 20.7 Å². The van der Waals surface area contributed by atoms with Gasteiger partial charge >= 0.3 is 5.97 Å². The van der Waals surface area contributed by atoms with Gasteiger partial charge in [-0.2, -0.15) is 0 Å². The number of benzene rings is 1. The average molecular weight is 503 g/mol. The Morgan fingerprint density at radius 3 is 2.75 bits per heavy atom. The summed E-state index contributed by atoms with van der Waals surface area (Å²) in [6.07, 6.45) is 7.17. The molecular weight excluding hydrogens is 460 g/mol. The second kappa shape index (κ2) is 12.9. The molecule has 0 radical (unpaired) electrons. The highest BCUT2D eigenvalue weighted by Crippen LogP contribution is 2.41. The van der Waals surface area contributed by atoms with Crippen LogP contribution in [-0.4, -0.2) is 90.0 Å². The molecule has 0 spiro atoms. The molecule has 2 fully saturated rings. The fourth-order valence-electron chi connectivity index (χ4n) is 6.19. The molecule has 0 bridgehead atoms. The van der Waals surface area contributed by atoms with Gasteiger partial charge in [0.05, 0.1) is 25.2 Å². The molecule has 3 aliphatic rings. The number of carboxylic acids is 1. The van der Waals surface area contributed by atoms with E-state index in [0.717, 1.165) is 62.0 Å². The van der Waals surface area contributed by atoms with E-state index in [4.69, 9.17) is 9.47 Å². The molecule has 8 heteroatoms. The molecule has 1 amide bonds. The maximum absolute atomic E-state index is 13.3. The average Bonchev–Trinajstić information content (AvgIpc) is 3.50. The summed E-state index contributed by atoms with van der Waals surface area (Å²) < 4.78 is 11.6. The van der Waals surface area contributed by atoms with Crippen molar-refractivity contribution in [1.29, 1.82) is 0 Å². The van der Waals surface area contributed by atoms with Gasteiger partial charge in [0.2, 0.25) is 5.91 Å². The minimum Gasteiger partial charge on any atom is -0.493 e. The van der Waals surface area contributed by atoms with Gasteiger partial charge in [0.15, 0.2) is 0 Å². The van der Waals surface area contributed by atoms with Gasteiger partial charge in [0.1, 0.15) is 5.75 Å². The van der Waals surface area contributed by atoms with E-state index in [1.165, 1.54) is 0 Å². The van der Waals surface area contributed by atoms with Crippen molar-refractivity contribution < 1.29 is 29.3 Å². The zero-order chi connectivity index (χ0) is 25.5. The third-order valence-electron chi connectivity index (χ3n) is 8.00. The molecule has 4 rings (SSSR count).